The largest absolute Gasteiger partial charge is 0.465 e. The number of rotatable bonds is 6. The van der Waals surface area contributed by atoms with Crippen LogP contribution in [0.5, 0.6) is 0 Å². The lowest BCUT2D eigenvalue weighted by Gasteiger charge is -2.32. The number of nitrogens with zero attached hydrogens (tertiary/aromatic N) is 2. The number of thiophene rings is 1. The van der Waals surface area contributed by atoms with Crippen molar-refractivity contribution >= 4 is 45.1 Å². The van der Waals surface area contributed by atoms with Crippen molar-refractivity contribution in [2.45, 2.75) is 78.0 Å². The van der Waals surface area contributed by atoms with Crippen LogP contribution < -0.4 is 5.32 Å². The van der Waals surface area contributed by atoms with Gasteiger partial charge in [0.15, 0.2) is 6.10 Å². The molecule has 0 saturated heterocycles. The smallest absolute Gasteiger partial charge is 0.341 e. The van der Waals surface area contributed by atoms with Crippen molar-refractivity contribution in [1.29, 1.82) is 0 Å². The predicted molar refractivity (Wildman–Crippen MR) is 151 cm³/mol. The van der Waals surface area contributed by atoms with Crippen LogP contribution in [-0.4, -0.2) is 53.5 Å². The first-order chi connectivity index (χ1) is 18.8. The van der Waals surface area contributed by atoms with Gasteiger partial charge in [0, 0.05) is 47.1 Å². The van der Waals surface area contributed by atoms with Gasteiger partial charge < -0.3 is 14.8 Å². The van der Waals surface area contributed by atoms with E-state index in [4.69, 9.17) is 14.5 Å². The predicted octanol–water partition coefficient (Wildman–Crippen LogP) is 5.30. The number of amides is 1. The van der Waals surface area contributed by atoms with Crippen LogP contribution in [-0.2, 0) is 40.1 Å². The highest BCUT2D eigenvalue weighted by molar-refractivity contribution is 7.17. The summed E-state index contributed by atoms with van der Waals surface area (Å²) in [6, 6.07) is 7.87. The number of esters is 2. The number of methoxy groups -OCH3 is 1. The molecule has 0 saturated carbocycles. The summed E-state index contributed by atoms with van der Waals surface area (Å²) in [7, 11) is 1.35. The molecule has 1 atom stereocenters. The summed E-state index contributed by atoms with van der Waals surface area (Å²) in [5.41, 5.74) is 4.36. The third-order valence-electron chi connectivity index (χ3n) is 7.71. The van der Waals surface area contributed by atoms with Crippen molar-refractivity contribution in [3.8, 4) is 0 Å². The molecular weight excluding hydrogens is 514 g/mol. The van der Waals surface area contributed by atoms with Gasteiger partial charge in [0.25, 0.3) is 5.91 Å². The fourth-order valence-electron chi connectivity index (χ4n) is 5.52. The number of aromatic nitrogens is 1. The Morgan fingerprint density at radius 2 is 1.74 bits per heavy atom. The first kappa shape index (κ1) is 27.3. The lowest BCUT2D eigenvalue weighted by atomic mass is 9.95. The maximum atomic E-state index is 13.7. The van der Waals surface area contributed by atoms with E-state index >= 15 is 0 Å². The third kappa shape index (κ3) is 5.43. The molecule has 1 amide bonds. The number of anilines is 1. The molecule has 0 bridgehead atoms. The molecule has 1 unspecified atom stereocenters. The van der Waals surface area contributed by atoms with Crippen molar-refractivity contribution in [2.24, 2.45) is 0 Å². The number of aryl methyl sites for hydroxylation is 1. The number of carbonyl (C=O) groups excluding carboxylic acids is 3. The Bertz CT molecular complexity index is 1430. The summed E-state index contributed by atoms with van der Waals surface area (Å²) in [5.74, 6) is -1.49. The van der Waals surface area contributed by atoms with E-state index < -0.39 is 23.9 Å². The molecule has 1 aromatic carbocycles. The number of nitrogens with one attached hydrogen (secondary N) is 1. The number of para-hydroxylation sites is 1. The number of hydrogen-bond donors (Lipinski definition) is 1. The van der Waals surface area contributed by atoms with Crippen LogP contribution in [0, 0.1) is 0 Å². The average Bonchev–Trinajstić information content (AvgIpc) is 3.10. The van der Waals surface area contributed by atoms with Crippen LogP contribution in [0.3, 0.4) is 0 Å². The van der Waals surface area contributed by atoms with E-state index in [1.807, 2.05) is 24.3 Å². The number of carbonyl (C=O) groups is 3. The Balaban J connectivity index is 1.41. The van der Waals surface area contributed by atoms with Gasteiger partial charge in [-0.2, -0.15) is 0 Å². The lowest BCUT2D eigenvalue weighted by molar-refractivity contribution is -0.123. The van der Waals surface area contributed by atoms with Gasteiger partial charge in [-0.25, -0.2) is 9.59 Å². The maximum Gasteiger partial charge on any atom is 0.341 e. The Kier molecular flexibility index (Phi) is 8.00. The summed E-state index contributed by atoms with van der Waals surface area (Å²) in [5, 5.41) is 4.04. The number of hydrogen-bond acceptors (Lipinski definition) is 8. The number of ether oxygens (including phenoxy) is 2. The minimum Gasteiger partial charge on any atom is -0.465 e. The third-order valence-corrected chi connectivity index (χ3v) is 8.92. The number of pyridine rings is 1. The van der Waals surface area contributed by atoms with Gasteiger partial charge >= 0.3 is 11.9 Å². The molecule has 3 aromatic rings. The monoisotopic (exact) mass is 549 g/mol. The van der Waals surface area contributed by atoms with Crippen LogP contribution >= 0.6 is 11.3 Å². The molecule has 39 heavy (non-hydrogen) atoms. The molecule has 3 heterocycles. The quantitative estimate of drug-likeness (QED) is 0.329. The Morgan fingerprint density at radius 3 is 2.51 bits per heavy atom. The van der Waals surface area contributed by atoms with Crippen LogP contribution in [0.1, 0.15) is 82.4 Å². The van der Waals surface area contributed by atoms with Gasteiger partial charge in [0.2, 0.25) is 0 Å². The Labute approximate surface area is 232 Å². The Morgan fingerprint density at radius 1 is 0.974 bits per heavy atom. The topological polar surface area (TPSA) is 97.8 Å². The first-order valence-corrected chi connectivity index (χ1v) is 14.5. The molecule has 206 valence electrons. The average molecular weight is 550 g/mol. The molecular formula is C30H35N3O5S. The molecule has 0 radical (unpaired) electrons. The van der Waals surface area contributed by atoms with E-state index in [9.17, 15) is 14.4 Å². The maximum absolute atomic E-state index is 13.7. The number of fused-ring (bicyclic) bond motifs is 3. The summed E-state index contributed by atoms with van der Waals surface area (Å²) >= 11 is 1.42. The van der Waals surface area contributed by atoms with Gasteiger partial charge in [0.05, 0.1) is 23.8 Å². The van der Waals surface area contributed by atoms with Gasteiger partial charge in [-0.05, 0) is 58.1 Å². The zero-order valence-corrected chi connectivity index (χ0v) is 23.8. The normalized spacial score (nSPS) is 16.2. The minimum absolute atomic E-state index is 0.322. The molecule has 2 aromatic heterocycles. The van der Waals surface area contributed by atoms with Gasteiger partial charge in [-0.1, -0.05) is 24.6 Å². The van der Waals surface area contributed by atoms with Crippen molar-refractivity contribution < 1.29 is 23.9 Å². The standard InChI is InChI=1S/C30H35N3O5S/c1-17(2)33-15-14-23-21(16-33)25(19-10-8-9-12-22(19)31-23)30(36)38-18(3)27(34)32-28-26(29(35)37-4)20-11-6-5-7-13-24(20)39-28/h8-10,12,17-18H,5-7,11,13-16H2,1-4H3,(H,32,34). The summed E-state index contributed by atoms with van der Waals surface area (Å²) < 4.78 is 10.8. The lowest BCUT2D eigenvalue weighted by Crippen LogP contribution is -2.37. The van der Waals surface area contributed by atoms with Gasteiger partial charge in [-0.3, -0.25) is 14.7 Å². The molecule has 1 N–H and O–H groups in total. The van der Waals surface area contributed by atoms with Crippen LogP contribution in [0.25, 0.3) is 10.9 Å². The van der Waals surface area contributed by atoms with E-state index in [2.05, 4.69) is 24.1 Å². The number of benzene rings is 1. The fraction of sp³-hybridized carbons (Fsp3) is 0.467. The zero-order chi connectivity index (χ0) is 27.7. The second-order valence-corrected chi connectivity index (χ2v) is 11.6. The second-order valence-electron chi connectivity index (χ2n) is 10.5. The minimum atomic E-state index is -1.07. The molecule has 1 aliphatic carbocycles. The molecule has 0 fully saturated rings. The van der Waals surface area contributed by atoms with E-state index in [-0.39, 0.29) is 0 Å². The highest BCUT2D eigenvalue weighted by atomic mass is 32.1. The van der Waals surface area contributed by atoms with Crippen LogP contribution in [0.2, 0.25) is 0 Å². The highest BCUT2D eigenvalue weighted by Gasteiger charge is 2.31. The van der Waals surface area contributed by atoms with Crippen molar-refractivity contribution in [3.05, 3.63) is 57.1 Å². The summed E-state index contributed by atoms with van der Waals surface area (Å²) in [6.45, 7) is 7.29. The summed E-state index contributed by atoms with van der Waals surface area (Å²) in [4.78, 5) is 47.9. The zero-order valence-electron chi connectivity index (χ0n) is 23.0. The van der Waals surface area contributed by atoms with Gasteiger partial charge in [-0.15, -0.1) is 11.3 Å². The van der Waals surface area contributed by atoms with Crippen molar-refractivity contribution in [3.63, 3.8) is 0 Å². The van der Waals surface area contributed by atoms with Crippen molar-refractivity contribution in [1.82, 2.24) is 9.88 Å². The summed E-state index contributed by atoms with van der Waals surface area (Å²) in [6.07, 6.45) is 4.48. The highest BCUT2D eigenvalue weighted by Crippen LogP contribution is 2.38. The van der Waals surface area contributed by atoms with E-state index in [1.54, 1.807) is 6.92 Å². The molecule has 0 spiro atoms. The second kappa shape index (κ2) is 11.4. The van der Waals surface area contributed by atoms with Crippen LogP contribution in [0.4, 0.5) is 5.00 Å². The van der Waals surface area contributed by atoms with Gasteiger partial charge in [0.1, 0.15) is 5.00 Å². The molecule has 5 rings (SSSR count). The molecule has 9 heteroatoms. The molecule has 1 aliphatic heterocycles. The molecule has 2 aliphatic rings. The van der Waals surface area contributed by atoms with Crippen molar-refractivity contribution in [2.75, 3.05) is 19.0 Å². The SMILES string of the molecule is COC(=O)c1c(NC(=O)C(C)OC(=O)c2c3c(nc4ccccc24)CCN(C(C)C)C3)sc2c1CCCCC2. The van der Waals surface area contributed by atoms with Crippen LogP contribution in [0.15, 0.2) is 24.3 Å². The molecule has 8 nitrogen and oxygen atoms in total. The van der Waals surface area contributed by atoms with E-state index in [0.29, 0.717) is 28.7 Å². The first-order valence-electron chi connectivity index (χ1n) is 13.7. The van der Waals surface area contributed by atoms with E-state index in [0.717, 1.165) is 77.7 Å². The Hall–Kier alpha value is -3.30. The fourth-order valence-corrected chi connectivity index (χ4v) is 6.80. The van der Waals surface area contributed by atoms with E-state index in [1.165, 1.54) is 18.4 Å².